The molecule has 0 aliphatic heterocycles. The summed E-state index contributed by atoms with van der Waals surface area (Å²) >= 11 is 0. The van der Waals surface area contributed by atoms with Crippen molar-refractivity contribution in [1.29, 1.82) is 0 Å². The maximum Gasteiger partial charge on any atom is 0.0294 e. The summed E-state index contributed by atoms with van der Waals surface area (Å²) in [5.74, 6) is 0.987. The lowest BCUT2D eigenvalue weighted by molar-refractivity contribution is 0.393. The van der Waals surface area contributed by atoms with Gasteiger partial charge in [-0.05, 0) is 44.6 Å². The van der Waals surface area contributed by atoms with Crippen LogP contribution in [0.2, 0.25) is 0 Å². The van der Waals surface area contributed by atoms with Gasteiger partial charge in [0.05, 0.1) is 0 Å². The minimum absolute atomic E-state index is 0.475. The second kappa shape index (κ2) is 7.83. The van der Waals surface area contributed by atoms with Crippen LogP contribution >= 0.6 is 0 Å². The molecular formula is C19H31N. The first-order valence-corrected chi connectivity index (χ1v) is 8.51. The summed E-state index contributed by atoms with van der Waals surface area (Å²) in [7, 11) is 0. The summed E-state index contributed by atoms with van der Waals surface area (Å²) < 4.78 is 0. The van der Waals surface area contributed by atoms with E-state index in [-0.39, 0.29) is 0 Å². The Morgan fingerprint density at radius 3 is 2.55 bits per heavy atom. The van der Waals surface area contributed by atoms with Gasteiger partial charge in [-0.2, -0.15) is 0 Å². The standard InChI is InChI=1S/C19H31N/c1-4-6-17-7-5-8-19(14-11-17)20-16(3)18-12-9-15(2)10-13-18/h9-10,12-13,16-17,19-20H,4-8,11,14H2,1-3H3/t16-,17?,19?/m0/s1. The highest BCUT2D eigenvalue weighted by Gasteiger charge is 2.19. The molecule has 0 spiro atoms. The van der Waals surface area contributed by atoms with E-state index < -0.39 is 0 Å². The van der Waals surface area contributed by atoms with Gasteiger partial charge in [-0.25, -0.2) is 0 Å². The molecule has 0 saturated heterocycles. The fourth-order valence-corrected chi connectivity index (χ4v) is 3.55. The first kappa shape index (κ1) is 15.6. The van der Waals surface area contributed by atoms with Crippen LogP contribution in [0, 0.1) is 12.8 Å². The number of aryl methyl sites for hydroxylation is 1. The third kappa shape index (κ3) is 4.63. The normalized spacial score (nSPS) is 25.1. The van der Waals surface area contributed by atoms with E-state index >= 15 is 0 Å². The van der Waals surface area contributed by atoms with Gasteiger partial charge < -0.3 is 5.32 Å². The van der Waals surface area contributed by atoms with E-state index in [0.717, 1.165) is 5.92 Å². The maximum atomic E-state index is 3.86. The van der Waals surface area contributed by atoms with Gasteiger partial charge in [0, 0.05) is 12.1 Å². The highest BCUT2D eigenvalue weighted by atomic mass is 14.9. The summed E-state index contributed by atoms with van der Waals surface area (Å²) in [5, 5.41) is 3.86. The van der Waals surface area contributed by atoms with Crippen molar-refractivity contribution in [3.05, 3.63) is 35.4 Å². The lowest BCUT2D eigenvalue weighted by Crippen LogP contribution is -2.31. The number of rotatable bonds is 5. The molecule has 3 atom stereocenters. The van der Waals surface area contributed by atoms with E-state index in [1.807, 2.05) is 0 Å². The SMILES string of the molecule is CCCC1CCCC(N[C@@H](C)c2ccc(C)cc2)CC1. The van der Waals surface area contributed by atoms with Crippen molar-refractivity contribution in [2.45, 2.75) is 77.8 Å². The Labute approximate surface area is 125 Å². The summed E-state index contributed by atoms with van der Waals surface area (Å²) in [6.45, 7) is 6.78. The van der Waals surface area contributed by atoms with Crippen LogP contribution in [0.5, 0.6) is 0 Å². The van der Waals surface area contributed by atoms with Crippen molar-refractivity contribution in [2.75, 3.05) is 0 Å². The average molecular weight is 273 g/mol. The Kier molecular flexibility index (Phi) is 6.09. The van der Waals surface area contributed by atoms with Crippen LogP contribution in [0.3, 0.4) is 0 Å². The van der Waals surface area contributed by atoms with Gasteiger partial charge in [0.25, 0.3) is 0 Å². The summed E-state index contributed by atoms with van der Waals surface area (Å²) in [6, 6.07) is 10.2. The predicted octanol–water partition coefficient (Wildman–Crippen LogP) is 5.39. The van der Waals surface area contributed by atoms with Crippen LogP contribution < -0.4 is 5.32 Å². The monoisotopic (exact) mass is 273 g/mol. The largest absolute Gasteiger partial charge is 0.307 e. The van der Waals surface area contributed by atoms with E-state index in [4.69, 9.17) is 0 Å². The fraction of sp³-hybridized carbons (Fsp3) is 0.684. The van der Waals surface area contributed by atoms with Crippen LogP contribution in [-0.2, 0) is 0 Å². The molecule has 0 aromatic heterocycles. The molecule has 0 bridgehead atoms. The van der Waals surface area contributed by atoms with E-state index in [2.05, 4.69) is 50.4 Å². The Morgan fingerprint density at radius 2 is 1.85 bits per heavy atom. The first-order valence-electron chi connectivity index (χ1n) is 8.51. The van der Waals surface area contributed by atoms with E-state index in [1.165, 1.54) is 56.1 Å². The van der Waals surface area contributed by atoms with Crippen LogP contribution in [0.1, 0.15) is 76.0 Å². The molecule has 1 nitrogen and oxygen atoms in total. The molecule has 2 rings (SSSR count). The van der Waals surface area contributed by atoms with Gasteiger partial charge in [-0.3, -0.25) is 0 Å². The van der Waals surface area contributed by atoms with Crippen molar-refractivity contribution in [2.24, 2.45) is 5.92 Å². The lowest BCUT2D eigenvalue weighted by atomic mass is 9.95. The zero-order valence-electron chi connectivity index (χ0n) is 13.5. The maximum absolute atomic E-state index is 3.86. The third-order valence-electron chi connectivity index (χ3n) is 4.85. The van der Waals surface area contributed by atoms with Crippen LogP contribution in [-0.4, -0.2) is 6.04 Å². The summed E-state index contributed by atoms with van der Waals surface area (Å²) in [4.78, 5) is 0. The Hall–Kier alpha value is -0.820. The van der Waals surface area contributed by atoms with Gasteiger partial charge in [-0.15, -0.1) is 0 Å². The molecule has 1 fully saturated rings. The molecular weight excluding hydrogens is 242 g/mol. The van der Waals surface area contributed by atoms with Crippen LogP contribution in [0.15, 0.2) is 24.3 Å². The number of benzene rings is 1. The molecule has 0 amide bonds. The fourth-order valence-electron chi connectivity index (χ4n) is 3.55. The molecule has 2 unspecified atom stereocenters. The zero-order valence-corrected chi connectivity index (χ0v) is 13.5. The molecule has 0 radical (unpaired) electrons. The van der Waals surface area contributed by atoms with Gasteiger partial charge in [0.15, 0.2) is 0 Å². The second-order valence-corrected chi connectivity index (χ2v) is 6.66. The summed E-state index contributed by atoms with van der Waals surface area (Å²) in [5.41, 5.74) is 2.77. The van der Waals surface area contributed by atoms with E-state index in [1.54, 1.807) is 0 Å². The first-order chi connectivity index (χ1) is 9.69. The smallest absolute Gasteiger partial charge is 0.0294 e. The van der Waals surface area contributed by atoms with Gasteiger partial charge in [0.2, 0.25) is 0 Å². The Morgan fingerprint density at radius 1 is 1.10 bits per heavy atom. The average Bonchev–Trinajstić information content (AvgIpc) is 2.66. The minimum atomic E-state index is 0.475. The van der Waals surface area contributed by atoms with Gasteiger partial charge >= 0.3 is 0 Å². The molecule has 1 aliphatic carbocycles. The van der Waals surface area contributed by atoms with Crippen molar-refractivity contribution in [3.63, 3.8) is 0 Å². The Balaban J connectivity index is 1.85. The topological polar surface area (TPSA) is 12.0 Å². The van der Waals surface area contributed by atoms with E-state index in [9.17, 15) is 0 Å². The molecule has 0 heterocycles. The van der Waals surface area contributed by atoms with Crippen molar-refractivity contribution in [3.8, 4) is 0 Å². The molecule has 1 aliphatic rings. The summed E-state index contributed by atoms with van der Waals surface area (Å²) in [6.07, 6.45) is 9.78. The van der Waals surface area contributed by atoms with Crippen molar-refractivity contribution >= 4 is 0 Å². The Bertz CT molecular complexity index is 381. The van der Waals surface area contributed by atoms with Crippen LogP contribution in [0.4, 0.5) is 0 Å². The van der Waals surface area contributed by atoms with E-state index in [0.29, 0.717) is 12.1 Å². The lowest BCUT2D eigenvalue weighted by Gasteiger charge is -2.22. The van der Waals surface area contributed by atoms with Crippen LogP contribution in [0.25, 0.3) is 0 Å². The minimum Gasteiger partial charge on any atom is -0.307 e. The van der Waals surface area contributed by atoms with Gasteiger partial charge in [-0.1, -0.05) is 62.4 Å². The predicted molar refractivity (Wildman–Crippen MR) is 88.0 cm³/mol. The number of nitrogens with one attached hydrogen (secondary N) is 1. The molecule has 1 heteroatoms. The molecule has 112 valence electrons. The van der Waals surface area contributed by atoms with Crippen molar-refractivity contribution < 1.29 is 0 Å². The van der Waals surface area contributed by atoms with Gasteiger partial charge in [0.1, 0.15) is 0 Å². The number of hydrogen-bond donors (Lipinski definition) is 1. The molecule has 1 N–H and O–H groups in total. The number of hydrogen-bond acceptors (Lipinski definition) is 1. The van der Waals surface area contributed by atoms with Crippen molar-refractivity contribution in [1.82, 2.24) is 5.32 Å². The molecule has 1 aromatic carbocycles. The highest BCUT2D eigenvalue weighted by Crippen LogP contribution is 2.28. The molecule has 1 saturated carbocycles. The quantitative estimate of drug-likeness (QED) is 0.709. The highest BCUT2D eigenvalue weighted by molar-refractivity contribution is 5.23. The molecule has 20 heavy (non-hydrogen) atoms. The third-order valence-corrected chi connectivity index (χ3v) is 4.85. The molecule has 1 aromatic rings. The zero-order chi connectivity index (χ0) is 14.4. The second-order valence-electron chi connectivity index (χ2n) is 6.66.